The van der Waals surface area contributed by atoms with Crippen LogP contribution in [0.2, 0.25) is 0 Å². The van der Waals surface area contributed by atoms with Gasteiger partial charge in [-0.2, -0.15) is 0 Å². The van der Waals surface area contributed by atoms with Crippen molar-refractivity contribution in [1.82, 2.24) is 10.2 Å². The van der Waals surface area contributed by atoms with Gasteiger partial charge in [0, 0.05) is 6.61 Å². The molecule has 1 amide bonds. The highest BCUT2D eigenvalue weighted by Gasteiger charge is 2.51. The Hall–Kier alpha value is -0.610. The summed E-state index contributed by atoms with van der Waals surface area (Å²) >= 11 is 0. The molecule has 2 aliphatic heterocycles. The zero-order valence-corrected chi connectivity index (χ0v) is 13.1. The highest BCUT2D eigenvalue weighted by molar-refractivity contribution is 5.84. The van der Waals surface area contributed by atoms with E-state index in [4.69, 9.17) is 4.74 Å². The van der Waals surface area contributed by atoms with Gasteiger partial charge in [0.15, 0.2) is 0 Å². The Morgan fingerprint density at radius 1 is 1.14 bits per heavy atom. The molecule has 4 rings (SSSR count). The molecule has 2 heterocycles. The minimum atomic E-state index is 0.0380. The molecule has 4 heteroatoms. The molecule has 1 N–H and O–H groups in total. The molecule has 21 heavy (non-hydrogen) atoms. The fourth-order valence-corrected chi connectivity index (χ4v) is 4.75. The molecule has 0 aromatic carbocycles. The Labute approximate surface area is 127 Å². The number of carbonyl (C=O) groups excluding carboxylic acids is 1. The van der Waals surface area contributed by atoms with Crippen molar-refractivity contribution in [3.8, 4) is 0 Å². The van der Waals surface area contributed by atoms with Gasteiger partial charge in [0.05, 0.1) is 24.4 Å². The summed E-state index contributed by atoms with van der Waals surface area (Å²) in [6, 6.07) is 0.371. The molecule has 2 saturated carbocycles. The maximum absolute atomic E-state index is 12.9. The molecule has 0 aromatic heterocycles. The normalized spacial score (nSPS) is 41.4. The van der Waals surface area contributed by atoms with Gasteiger partial charge in [-0.1, -0.05) is 19.8 Å². The number of hydrogen-bond acceptors (Lipinski definition) is 3. The van der Waals surface area contributed by atoms with Crippen molar-refractivity contribution in [2.24, 2.45) is 11.8 Å². The molecule has 2 saturated heterocycles. The highest BCUT2D eigenvalue weighted by atomic mass is 16.5. The molecule has 4 atom stereocenters. The summed E-state index contributed by atoms with van der Waals surface area (Å²) in [5, 5.41) is 3.66. The number of ether oxygens (including phenoxy) is 1. The fourth-order valence-electron chi connectivity index (χ4n) is 4.75. The Morgan fingerprint density at radius 2 is 1.90 bits per heavy atom. The third-order valence-electron chi connectivity index (χ3n) is 6.03. The molecule has 4 nitrogen and oxygen atoms in total. The Bertz CT molecular complexity index is 404. The van der Waals surface area contributed by atoms with E-state index in [1.165, 1.54) is 38.5 Å². The molecule has 4 aliphatic rings. The van der Waals surface area contributed by atoms with Gasteiger partial charge in [0.25, 0.3) is 0 Å². The van der Waals surface area contributed by atoms with Crippen LogP contribution in [-0.4, -0.2) is 41.8 Å². The Kier molecular flexibility index (Phi) is 3.70. The average molecular weight is 292 g/mol. The molecule has 4 unspecified atom stereocenters. The zero-order valence-electron chi connectivity index (χ0n) is 13.1. The van der Waals surface area contributed by atoms with E-state index >= 15 is 0 Å². The van der Waals surface area contributed by atoms with E-state index in [1.807, 2.05) is 0 Å². The van der Waals surface area contributed by atoms with Crippen LogP contribution in [0.15, 0.2) is 0 Å². The lowest BCUT2D eigenvalue weighted by Crippen LogP contribution is -2.51. The van der Waals surface area contributed by atoms with E-state index < -0.39 is 0 Å². The second-order valence-electron chi connectivity index (χ2n) is 7.39. The molecule has 0 radical (unpaired) electrons. The summed E-state index contributed by atoms with van der Waals surface area (Å²) in [5.41, 5.74) is 0. The average Bonchev–Trinajstić information content (AvgIpc) is 2.94. The lowest BCUT2D eigenvalue weighted by Gasteiger charge is -2.36. The van der Waals surface area contributed by atoms with Gasteiger partial charge in [-0.15, -0.1) is 0 Å². The predicted octanol–water partition coefficient (Wildman–Crippen LogP) is 2.28. The first-order valence-corrected chi connectivity index (χ1v) is 8.99. The first kappa shape index (κ1) is 14.0. The van der Waals surface area contributed by atoms with Crippen LogP contribution in [0.1, 0.15) is 58.3 Å². The van der Waals surface area contributed by atoms with E-state index in [9.17, 15) is 4.79 Å². The van der Waals surface area contributed by atoms with Crippen molar-refractivity contribution in [1.29, 1.82) is 0 Å². The van der Waals surface area contributed by atoms with E-state index in [-0.39, 0.29) is 12.2 Å². The third-order valence-corrected chi connectivity index (χ3v) is 6.03. The van der Waals surface area contributed by atoms with Crippen molar-refractivity contribution < 1.29 is 9.53 Å². The summed E-state index contributed by atoms with van der Waals surface area (Å²) in [6.07, 6.45) is 10.3. The fraction of sp³-hybridized carbons (Fsp3) is 0.941. The first-order chi connectivity index (χ1) is 10.3. The second kappa shape index (κ2) is 5.54. The summed E-state index contributed by atoms with van der Waals surface area (Å²) in [7, 11) is 0. The van der Waals surface area contributed by atoms with Gasteiger partial charge in [-0.3, -0.25) is 10.1 Å². The lowest BCUT2D eigenvalue weighted by atomic mass is 9.99. The minimum absolute atomic E-state index is 0.0380. The van der Waals surface area contributed by atoms with Gasteiger partial charge < -0.3 is 9.64 Å². The van der Waals surface area contributed by atoms with E-state index in [1.54, 1.807) is 0 Å². The largest absolute Gasteiger partial charge is 0.376 e. The number of nitrogens with one attached hydrogen (secondary N) is 1. The molecule has 0 spiro atoms. The summed E-state index contributed by atoms with van der Waals surface area (Å²) in [4.78, 5) is 15.1. The van der Waals surface area contributed by atoms with Crippen molar-refractivity contribution in [2.75, 3.05) is 6.61 Å². The first-order valence-electron chi connectivity index (χ1n) is 8.99. The van der Waals surface area contributed by atoms with Crippen molar-refractivity contribution in [3.05, 3.63) is 0 Å². The number of carbonyl (C=O) groups is 1. The van der Waals surface area contributed by atoms with Gasteiger partial charge in [0.1, 0.15) is 0 Å². The number of hydrogen-bond donors (Lipinski definition) is 1. The quantitative estimate of drug-likeness (QED) is 0.864. The number of amides is 1. The number of nitrogens with zero attached hydrogens (tertiary/aromatic N) is 1. The predicted molar refractivity (Wildman–Crippen MR) is 80.7 cm³/mol. The second-order valence-corrected chi connectivity index (χ2v) is 7.39. The van der Waals surface area contributed by atoms with Crippen molar-refractivity contribution in [3.63, 3.8) is 0 Å². The number of rotatable bonds is 4. The monoisotopic (exact) mass is 292 g/mol. The van der Waals surface area contributed by atoms with Crippen molar-refractivity contribution in [2.45, 2.75) is 82.6 Å². The van der Waals surface area contributed by atoms with Crippen LogP contribution in [0.25, 0.3) is 0 Å². The van der Waals surface area contributed by atoms with Crippen LogP contribution in [0.3, 0.4) is 0 Å². The zero-order chi connectivity index (χ0) is 14.4. The van der Waals surface area contributed by atoms with Crippen LogP contribution in [0.4, 0.5) is 0 Å². The maximum Gasteiger partial charge on any atom is 0.241 e. The van der Waals surface area contributed by atoms with Crippen LogP contribution in [0.5, 0.6) is 0 Å². The van der Waals surface area contributed by atoms with Gasteiger partial charge in [-0.25, -0.2) is 0 Å². The van der Waals surface area contributed by atoms with Crippen LogP contribution >= 0.6 is 0 Å². The molecule has 0 aromatic rings. The smallest absolute Gasteiger partial charge is 0.241 e. The Morgan fingerprint density at radius 3 is 2.57 bits per heavy atom. The molecular weight excluding hydrogens is 264 g/mol. The van der Waals surface area contributed by atoms with Crippen LogP contribution in [-0.2, 0) is 9.53 Å². The van der Waals surface area contributed by atoms with Crippen LogP contribution in [0, 0.1) is 11.8 Å². The third kappa shape index (κ3) is 2.40. The molecule has 118 valence electrons. The standard InChI is InChI=1S/C17H28N2O2/c1-2-13-17(20)19(16(18-13)12-5-3-4-6-12)14-9-10-21-15(14)11-7-8-11/h11-16,18H,2-10H2,1H3. The van der Waals surface area contributed by atoms with Gasteiger partial charge in [-0.05, 0) is 50.4 Å². The van der Waals surface area contributed by atoms with E-state index in [2.05, 4.69) is 17.1 Å². The molecule has 2 aliphatic carbocycles. The SMILES string of the molecule is CCC1NC(C2CCCC2)N(C2CCOC2C2CC2)C1=O. The van der Waals surface area contributed by atoms with E-state index in [0.29, 0.717) is 24.0 Å². The van der Waals surface area contributed by atoms with Crippen molar-refractivity contribution >= 4 is 5.91 Å². The molecular formula is C17H28N2O2. The van der Waals surface area contributed by atoms with Gasteiger partial charge >= 0.3 is 0 Å². The summed E-state index contributed by atoms with van der Waals surface area (Å²) < 4.78 is 6.01. The highest BCUT2D eigenvalue weighted by Crippen LogP contribution is 2.43. The molecule has 4 fully saturated rings. The van der Waals surface area contributed by atoms with Gasteiger partial charge in [0.2, 0.25) is 5.91 Å². The van der Waals surface area contributed by atoms with E-state index in [0.717, 1.165) is 25.4 Å². The minimum Gasteiger partial charge on any atom is -0.376 e. The Balaban J connectivity index is 1.57. The topological polar surface area (TPSA) is 41.6 Å². The molecule has 0 bridgehead atoms. The lowest BCUT2D eigenvalue weighted by molar-refractivity contribution is -0.134. The summed E-state index contributed by atoms with van der Waals surface area (Å²) in [6.45, 7) is 2.96. The summed E-state index contributed by atoms with van der Waals surface area (Å²) in [5.74, 6) is 1.72. The maximum atomic E-state index is 12.9. The van der Waals surface area contributed by atoms with Crippen LogP contribution < -0.4 is 5.32 Å².